The summed E-state index contributed by atoms with van der Waals surface area (Å²) in [7, 11) is 0. The van der Waals surface area contributed by atoms with E-state index in [1.54, 1.807) is 0 Å². The molecule has 0 radical (unpaired) electrons. The maximum absolute atomic E-state index is 2.63. The SMILES string of the molecule is CCCCCC(CC)SCCN1CCCC1. The van der Waals surface area contributed by atoms with Crippen LogP contribution in [0.4, 0.5) is 0 Å². The van der Waals surface area contributed by atoms with Crippen molar-refractivity contribution in [1.29, 1.82) is 0 Å². The second-order valence-corrected chi connectivity index (χ2v) is 6.35. The van der Waals surface area contributed by atoms with Gasteiger partial charge in [0.25, 0.3) is 0 Å². The Balaban J connectivity index is 1.99. The summed E-state index contributed by atoms with van der Waals surface area (Å²) in [6.45, 7) is 8.68. The molecule has 96 valence electrons. The van der Waals surface area contributed by atoms with Crippen LogP contribution in [0.25, 0.3) is 0 Å². The normalized spacial score (nSPS) is 19.1. The lowest BCUT2D eigenvalue weighted by molar-refractivity contribution is 0.361. The minimum Gasteiger partial charge on any atom is -0.303 e. The van der Waals surface area contributed by atoms with E-state index in [2.05, 4.69) is 30.5 Å². The minimum atomic E-state index is 0.925. The fourth-order valence-electron chi connectivity index (χ4n) is 2.38. The van der Waals surface area contributed by atoms with Gasteiger partial charge >= 0.3 is 0 Å². The van der Waals surface area contributed by atoms with Gasteiger partial charge in [-0.1, -0.05) is 33.1 Å². The molecule has 1 nitrogen and oxygen atoms in total. The van der Waals surface area contributed by atoms with Gasteiger partial charge in [-0.15, -0.1) is 0 Å². The Morgan fingerprint density at radius 2 is 1.88 bits per heavy atom. The smallest absolute Gasteiger partial charge is 0.00724 e. The van der Waals surface area contributed by atoms with Gasteiger partial charge in [-0.3, -0.25) is 0 Å². The quantitative estimate of drug-likeness (QED) is 0.559. The van der Waals surface area contributed by atoms with Gasteiger partial charge in [0, 0.05) is 17.5 Å². The summed E-state index contributed by atoms with van der Waals surface area (Å²) < 4.78 is 0. The van der Waals surface area contributed by atoms with Gasteiger partial charge in [-0.2, -0.15) is 11.8 Å². The third kappa shape index (κ3) is 6.15. The van der Waals surface area contributed by atoms with Gasteiger partial charge in [0.15, 0.2) is 0 Å². The van der Waals surface area contributed by atoms with Crippen LogP contribution in [0.5, 0.6) is 0 Å². The highest BCUT2D eigenvalue weighted by Crippen LogP contribution is 2.21. The molecular formula is C14H29NS. The molecule has 1 rings (SSSR count). The number of hydrogen-bond acceptors (Lipinski definition) is 2. The zero-order chi connectivity index (χ0) is 11.6. The number of rotatable bonds is 9. The standard InChI is InChI=1S/C14H29NS/c1-3-5-6-9-14(4-2)16-13-12-15-10-7-8-11-15/h14H,3-13H2,1-2H3. The summed E-state index contributed by atoms with van der Waals surface area (Å²) in [6, 6.07) is 0. The van der Waals surface area contributed by atoms with Crippen molar-refractivity contribution in [2.45, 2.75) is 64.0 Å². The second-order valence-electron chi connectivity index (χ2n) is 4.95. The summed E-state index contributed by atoms with van der Waals surface area (Å²) >= 11 is 2.22. The zero-order valence-corrected chi connectivity index (χ0v) is 12.0. The third-order valence-corrected chi connectivity index (χ3v) is 5.00. The first-order chi connectivity index (χ1) is 7.86. The van der Waals surface area contributed by atoms with Gasteiger partial charge in [-0.25, -0.2) is 0 Å². The Kier molecular flexibility index (Phi) is 8.40. The predicted octanol–water partition coefficient (Wildman–Crippen LogP) is 4.17. The van der Waals surface area contributed by atoms with Crippen LogP contribution in [-0.4, -0.2) is 35.5 Å². The number of likely N-dealkylation sites (tertiary alicyclic amines) is 1. The summed E-state index contributed by atoms with van der Waals surface area (Å²) in [5, 5.41) is 0.925. The van der Waals surface area contributed by atoms with Crippen molar-refractivity contribution in [2.24, 2.45) is 0 Å². The van der Waals surface area contributed by atoms with Crippen molar-refractivity contribution < 1.29 is 0 Å². The van der Waals surface area contributed by atoms with E-state index >= 15 is 0 Å². The molecule has 0 N–H and O–H groups in total. The summed E-state index contributed by atoms with van der Waals surface area (Å²) in [5.74, 6) is 1.35. The third-order valence-electron chi connectivity index (χ3n) is 3.54. The highest BCUT2D eigenvalue weighted by Gasteiger charge is 2.12. The first-order valence-electron chi connectivity index (χ1n) is 7.20. The van der Waals surface area contributed by atoms with E-state index in [1.807, 2.05) is 0 Å². The maximum atomic E-state index is 2.63. The van der Waals surface area contributed by atoms with E-state index in [9.17, 15) is 0 Å². The first kappa shape index (κ1) is 14.4. The largest absolute Gasteiger partial charge is 0.303 e. The number of thioether (sulfide) groups is 1. The van der Waals surface area contributed by atoms with Crippen LogP contribution in [0.1, 0.15) is 58.8 Å². The Morgan fingerprint density at radius 1 is 1.12 bits per heavy atom. The molecular weight excluding hydrogens is 214 g/mol. The van der Waals surface area contributed by atoms with E-state index in [4.69, 9.17) is 0 Å². The van der Waals surface area contributed by atoms with Gasteiger partial charge in [-0.05, 0) is 38.8 Å². The molecule has 1 atom stereocenters. The Morgan fingerprint density at radius 3 is 2.50 bits per heavy atom. The minimum absolute atomic E-state index is 0.925. The molecule has 1 aliphatic rings. The van der Waals surface area contributed by atoms with Crippen LogP contribution in [0.3, 0.4) is 0 Å². The van der Waals surface area contributed by atoms with E-state index < -0.39 is 0 Å². The highest BCUT2D eigenvalue weighted by atomic mass is 32.2. The maximum Gasteiger partial charge on any atom is 0.00724 e. The molecule has 1 saturated heterocycles. The number of unbranched alkanes of at least 4 members (excludes halogenated alkanes) is 2. The van der Waals surface area contributed by atoms with Crippen LogP contribution in [-0.2, 0) is 0 Å². The molecule has 0 saturated carbocycles. The van der Waals surface area contributed by atoms with E-state index in [0.29, 0.717) is 0 Å². The molecule has 1 aliphatic heterocycles. The van der Waals surface area contributed by atoms with E-state index in [0.717, 1.165) is 5.25 Å². The lowest BCUT2D eigenvalue weighted by atomic mass is 10.1. The van der Waals surface area contributed by atoms with Crippen LogP contribution in [0.15, 0.2) is 0 Å². The molecule has 0 aromatic heterocycles. The van der Waals surface area contributed by atoms with Crippen molar-refractivity contribution in [2.75, 3.05) is 25.4 Å². The van der Waals surface area contributed by atoms with E-state index in [-0.39, 0.29) is 0 Å². The lowest BCUT2D eigenvalue weighted by Crippen LogP contribution is -2.22. The molecule has 0 aromatic carbocycles. The molecule has 0 amide bonds. The first-order valence-corrected chi connectivity index (χ1v) is 8.25. The topological polar surface area (TPSA) is 3.24 Å². The van der Waals surface area contributed by atoms with Crippen LogP contribution < -0.4 is 0 Å². The molecule has 1 fully saturated rings. The number of nitrogens with zero attached hydrogens (tertiary/aromatic N) is 1. The van der Waals surface area contributed by atoms with Gasteiger partial charge in [0.05, 0.1) is 0 Å². The summed E-state index contributed by atoms with van der Waals surface area (Å²) in [6.07, 6.45) is 9.86. The zero-order valence-electron chi connectivity index (χ0n) is 11.2. The monoisotopic (exact) mass is 243 g/mol. The van der Waals surface area contributed by atoms with Crippen LogP contribution in [0, 0.1) is 0 Å². The molecule has 0 aliphatic carbocycles. The average molecular weight is 243 g/mol. The van der Waals surface area contributed by atoms with Crippen molar-refractivity contribution >= 4 is 11.8 Å². The number of hydrogen-bond donors (Lipinski definition) is 0. The molecule has 1 heterocycles. The van der Waals surface area contributed by atoms with Crippen molar-refractivity contribution in [1.82, 2.24) is 4.90 Å². The van der Waals surface area contributed by atoms with Crippen molar-refractivity contribution in [3.63, 3.8) is 0 Å². The molecule has 0 bridgehead atoms. The Hall–Kier alpha value is 0.310. The lowest BCUT2D eigenvalue weighted by Gasteiger charge is -2.18. The summed E-state index contributed by atoms with van der Waals surface area (Å²) in [5.41, 5.74) is 0. The molecule has 2 heteroatoms. The fourth-order valence-corrected chi connectivity index (χ4v) is 3.65. The van der Waals surface area contributed by atoms with Gasteiger partial charge in [0.1, 0.15) is 0 Å². The van der Waals surface area contributed by atoms with E-state index in [1.165, 1.54) is 70.3 Å². The molecule has 0 spiro atoms. The molecule has 1 unspecified atom stereocenters. The highest BCUT2D eigenvalue weighted by molar-refractivity contribution is 7.99. The van der Waals surface area contributed by atoms with Crippen LogP contribution >= 0.6 is 11.8 Å². The molecule has 16 heavy (non-hydrogen) atoms. The van der Waals surface area contributed by atoms with Crippen LogP contribution in [0.2, 0.25) is 0 Å². The summed E-state index contributed by atoms with van der Waals surface area (Å²) in [4.78, 5) is 2.63. The van der Waals surface area contributed by atoms with Crippen molar-refractivity contribution in [3.8, 4) is 0 Å². The van der Waals surface area contributed by atoms with Gasteiger partial charge in [0.2, 0.25) is 0 Å². The second kappa shape index (κ2) is 9.35. The fraction of sp³-hybridized carbons (Fsp3) is 1.00. The molecule has 0 aromatic rings. The Labute approximate surface area is 106 Å². The predicted molar refractivity (Wildman–Crippen MR) is 76.4 cm³/mol. The Bertz CT molecular complexity index is 155. The van der Waals surface area contributed by atoms with Crippen molar-refractivity contribution in [3.05, 3.63) is 0 Å². The van der Waals surface area contributed by atoms with Gasteiger partial charge < -0.3 is 4.90 Å². The average Bonchev–Trinajstić information content (AvgIpc) is 2.80.